The van der Waals surface area contributed by atoms with Crippen LogP contribution in [0.1, 0.15) is 31.1 Å². The second-order valence-electron chi connectivity index (χ2n) is 5.86. The molecule has 0 saturated heterocycles. The van der Waals surface area contributed by atoms with Crippen LogP contribution >= 0.6 is 23.1 Å². The minimum absolute atomic E-state index is 0.0844. The second kappa shape index (κ2) is 9.05. The highest BCUT2D eigenvalue weighted by Crippen LogP contribution is 2.28. The zero-order valence-electron chi connectivity index (χ0n) is 15.5. The molecule has 3 rings (SSSR count). The summed E-state index contributed by atoms with van der Waals surface area (Å²) in [7, 11) is 0. The molecule has 0 fully saturated rings. The number of anilines is 1. The van der Waals surface area contributed by atoms with Gasteiger partial charge in [0.25, 0.3) is 0 Å². The average molecular weight is 400 g/mol. The molecule has 0 aliphatic heterocycles. The van der Waals surface area contributed by atoms with Crippen molar-refractivity contribution >= 4 is 34.1 Å². The molecule has 1 atom stereocenters. The van der Waals surface area contributed by atoms with Crippen molar-refractivity contribution in [2.75, 3.05) is 5.32 Å². The fraction of sp³-hybridized carbons (Fsp3) is 0.316. The number of rotatable bonds is 7. The number of aryl methyl sites for hydroxylation is 2. The predicted octanol–water partition coefficient (Wildman–Crippen LogP) is 4.38. The lowest BCUT2D eigenvalue weighted by Gasteiger charge is -2.13. The van der Waals surface area contributed by atoms with Crippen LogP contribution < -0.4 is 5.32 Å². The molecule has 0 aliphatic carbocycles. The van der Waals surface area contributed by atoms with E-state index in [0.717, 1.165) is 27.7 Å². The first-order chi connectivity index (χ1) is 13.1. The molecule has 1 N–H and O–H groups in total. The molecule has 1 unspecified atom stereocenters. The molecule has 1 aromatic carbocycles. The highest BCUT2D eigenvalue weighted by molar-refractivity contribution is 8.00. The van der Waals surface area contributed by atoms with Gasteiger partial charge in [-0.3, -0.25) is 10.1 Å². The summed E-state index contributed by atoms with van der Waals surface area (Å²) in [5, 5.41) is 12.9. The number of aromatic nitrogens is 4. The fourth-order valence-electron chi connectivity index (χ4n) is 2.46. The molecule has 0 aliphatic rings. The zero-order valence-corrected chi connectivity index (χ0v) is 17.1. The summed E-state index contributed by atoms with van der Waals surface area (Å²) < 4.78 is 0. The van der Waals surface area contributed by atoms with E-state index < -0.39 is 0 Å². The number of amides is 1. The van der Waals surface area contributed by atoms with Gasteiger partial charge in [-0.15, -0.1) is 10.2 Å². The molecule has 2 heterocycles. The first-order valence-electron chi connectivity index (χ1n) is 8.80. The lowest BCUT2D eigenvalue weighted by molar-refractivity contribution is -0.115. The molecule has 140 valence electrons. The minimum atomic E-state index is -0.267. The van der Waals surface area contributed by atoms with Crippen molar-refractivity contribution in [2.45, 2.75) is 43.9 Å². The van der Waals surface area contributed by atoms with E-state index in [-0.39, 0.29) is 11.2 Å². The highest BCUT2D eigenvalue weighted by atomic mass is 32.2. The zero-order chi connectivity index (χ0) is 19.2. The van der Waals surface area contributed by atoms with Crippen molar-refractivity contribution in [1.82, 2.24) is 20.2 Å². The van der Waals surface area contributed by atoms with E-state index in [2.05, 4.69) is 25.5 Å². The van der Waals surface area contributed by atoms with Gasteiger partial charge >= 0.3 is 0 Å². The molecule has 1 amide bonds. The molecule has 8 heteroatoms. The topological polar surface area (TPSA) is 80.7 Å². The number of hydrogen-bond donors (Lipinski definition) is 1. The van der Waals surface area contributed by atoms with Gasteiger partial charge in [-0.1, -0.05) is 67.3 Å². The van der Waals surface area contributed by atoms with Crippen molar-refractivity contribution in [1.29, 1.82) is 0 Å². The molecular weight excluding hydrogens is 378 g/mol. The van der Waals surface area contributed by atoms with Gasteiger partial charge in [0.15, 0.2) is 0 Å². The monoisotopic (exact) mass is 399 g/mol. The molecule has 27 heavy (non-hydrogen) atoms. The Kier molecular flexibility index (Phi) is 6.52. The van der Waals surface area contributed by atoms with E-state index in [1.807, 2.05) is 57.2 Å². The van der Waals surface area contributed by atoms with Crippen molar-refractivity contribution in [3.63, 3.8) is 0 Å². The largest absolute Gasteiger partial charge is 0.300 e. The Balaban J connectivity index is 1.75. The maximum Gasteiger partial charge on any atom is 0.239 e. The van der Waals surface area contributed by atoms with Crippen LogP contribution in [0.15, 0.2) is 41.4 Å². The summed E-state index contributed by atoms with van der Waals surface area (Å²) in [5.41, 5.74) is 1.89. The van der Waals surface area contributed by atoms with Crippen LogP contribution in [0.5, 0.6) is 0 Å². The van der Waals surface area contributed by atoms with Crippen LogP contribution in [0, 0.1) is 6.92 Å². The Hall–Kier alpha value is -2.32. The predicted molar refractivity (Wildman–Crippen MR) is 110 cm³/mol. The summed E-state index contributed by atoms with van der Waals surface area (Å²) in [6.07, 6.45) is 1.49. The molecule has 2 aromatic heterocycles. The first kappa shape index (κ1) is 19.4. The quantitative estimate of drug-likeness (QED) is 0.469. The Morgan fingerprint density at radius 1 is 1.19 bits per heavy atom. The van der Waals surface area contributed by atoms with E-state index in [9.17, 15) is 4.79 Å². The van der Waals surface area contributed by atoms with Crippen molar-refractivity contribution in [2.24, 2.45) is 0 Å². The molecule has 0 saturated carbocycles. The van der Waals surface area contributed by atoms with Crippen LogP contribution in [0.2, 0.25) is 0 Å². The summed E-state index contributed by atoms with van der Waals surface area (Å²) in [4.78, 5) is 21.7. The Morgan fingerprint density at radius 3 is 2.63 bits per heavy atom. The Bertz CT molecular complexity index is 913. The maximum atomic E-state index is 12.6. The Morgan fingerprint density at radius 2 is 1.96 bits per heavy atom. The number of nitrogens with one attached hydrogen (secondary N) is 1. The lowest BCUT2D eigenvalue weighted by Crippen LogP contribution is -2.24. The van der Waals surface area contributed by atoms with Crippen LogP contribution in [0.3, 0.4) is 0 Å². The molecule has 0 spiro atoms. The number of benzene rings is 1. The number of carbonyl (C=O) groups excluding carboxylic acids is 1. The summed E-state index contributed by atoms with van der Waals surface area (Å²) in [6, 6.07) is 11.9. The molecule has 6 nitrogen and oxygen atoms in total. The summed E-state index contributed by atoms with van der Waals surface area (Å²) in [6.45, 7) is 5.87. The number of nitrogens with zero attached hydrogens (tertiary/aromatic N) is 4. The van der Waals surface area contributed by atoms with Gasteiger partial charge in [0.05, 0.1) is 10.9 Å². The van der Waals surface area contributed by atoms with Crippen molar-refractivity contribution < 1.29 is 4.79 Å². The Labute approximate surface area is 166 Å². The average Bonchev–Trinajstić information content (AvgIpc) is 3.14. The first-order valence-corrected chi connectivity index (χ1v) is 10.5. The van der Waals surface area contributed by atoms with Crippen LogP contribution in [0.25, 0.3) is 11.3 Å². The second-order valence-corrected chi connectivity index (χ2v) is 8.15. The van der Waals surface area contributed by atoms with Crippen molar-refractivity contribution in [3.05, 3.63) is 47.2 Å². The maximum absolute atomic E-state index is 12.6. The molecule has 0 bridgehead atoms. The van der Waals surface area contributed by atoms with E-state index in [0.29, 0.717) is 17.4 Å². The molecule has 0 radical (unpaired) electrons. The number of hydrogen-bond acceptors (Lipinski definition) is 7. The molecule has 3 aromatic rings. The van der Waals surface area contributed by atoms with E-state index in [4.69, 9.17) is 0 Å². The summed E-state index contributed by atoms with van der Waals surface area (Å²) in [5.74, 6) is 0.602. The third kappa shape index (κ3) is 5.11. The van der Waals surface area contributed by atoms with Crippen LogP contribution in [-0.2, 0) is 11.2 Å². The lowest BCUT2D eigenvalue weighted by atomic mass is 10.1. The smallest absolute Gasteiger partial charge is 0.239 e. The van der Waals surface area contributed by atoms with Gasteiger partial charge in [0.1, 0.15) is 15.9 Å². The fourth-order valence-corrected chi connectivity index (χ4v) is 4.13. The normalized spacial score (nSPS) is 12.0. The van der Waals surface area contributed by atoms with Gasteiger partial charge in [-0.2, -0.15) is 0 Å². The van der Waals surface area contributed by atoms with E-state index in [1.165, 1.54) is 23.1 Å². The number of carbonyl (C=O) groups is 1. The van der Waals surface area contributed by atoms with E-state index in [1.54, 1.807) is 0 Å². The standard InChI is InChI=1S/C19H21N5OS2/c1-4-15(18(25)22-19-24-23-16(5-2)27-19)26-17-11-14(20-12(3)21-17)13-9-7-6-8-10-13/h6-11,15H,4-5H2,1-3H3,(H,22,24,25). The van der Waals surface area contributed by atoms with Gasteiger partial charge in [-0.25, -0.2) is 9.97 Å². The van der Waals surface area contributed by atoms with E-state index >= 15 is 0 Å². The summed E-state index contributed by atoms with van der Waals surface area (Å²) >= 11 is 2.85. The third-order valence-electron chi connectivity index (χ3n) is 3.81. The van der Waals surface area contributed by atoms with Gasteiger partial charge in [0.2, 0.25) is 11.0 Å². The van der Waals surface area contributed by atoms with Crippen LogP contribution in [0.4, 0.5) is 5.13 Å². The SMILES string of the molecule is CCc1nnc(NC(=O)C(CC)Sc2cc(-c3ccccc3)nc(C)n2)s1. The third-order valence-corrected chi connectivity index (χ3v) is 6.08. The molecular formula is C19H21N5OS2. The van der Waals surface area contributed by atoms with Crippen LogP contribution in [-0.4, -0.2) is 31.3 Å². The highest BCUT2D eigenvalue weighted by Gasteiger charge is 2.21. The van der Waals surface area contributed by atoms with Gasteiger partial charge in [-0.05, 0) is 25.8 Å². The van der Waals surface area contributed by atoms with Crippen molar-refractivity contribution in [3.8, 4) is 11.3 Å². The van der Waals surface area contributed by atoms with Gasteiger partial charge < -0.3 is 0 Å². The van der Waals surface area contributed by atoms with Gasteiger partial charge in [0, 0.05) is 5.56 Å². The number of thioether (sulfide) groups is 1. The minimum Gasteiger partial charge on any atom is -0.300 e.